The fraction of sp³-hybridized carbons (Fsp3) is 0.619. The molecule has 0 N–H and O–H groups in total. The van der Waals surface area contributed by atoms with E-state index in [1.807, 2.05) is 5.57 Å². The van der Waals surface area contributed by atoms with Crippen LogP contribution >= 0.6 is 0 Å². The SMILES string of the molecule is C1=CC2CCCCC3=CC=C4CCCCC1=C2CCCC43. The summed E-state index contributed by atoms with van der Waals surface area (Å²) in [6.45, 7) is 0. The minimum atomic E-state index is 0.794. The van der Waals surface area contributed by atoms with Crippen molar-refractivity contribution in [1.82, 2.24) is 0 Å². The van der Waals surface area contributed by atoms with Gasteiger partial charge in [-0.3, -0.25) is 0 Å². The van der Waals surface area contributed by atoms with Crippen LogP contribution in [0.4, 0.5) is 0 Å². The number of allylic oxidation sites excluding steroid dienone is 8. The maximum absolute atomic E-state index is 2.53. The quantitative estimate of drug-likeness (QED) is 0.490. The third kappa shape index (κ3) is 2.70. The van der Waals surface area contributed by atoms with Gasteiger partial charge in [-0.2, -0.15) is 0 Å². The van der Waals surface area contributed by atoms with Gasteiger partial charge in [0.25, 0.3) is 0 Å². The van der Waals surface area contributed by atoms with Gasteiger partial charge in [-0.15, -0.1) is 0 Å². The predicted molar refractivity (Wildman–Crippen MR) is 90.1 cm³/mol. The molecule has 4 rings (SSSR count). The Hall–Kier alpha value is -1.04. The highest BCUT2D eigenvalue weighted by Crippen LogP contribution is 2.42. The summed E-state index contributed by atoms with van der Waals surface area (Å²) in [5.74, 6) is 1.61. The Kier molecular flexibility index (Phi) is 3.88. The minimum absolute atomic E-state index is 0.794. The summed E-state index contributed by atoms with van der Waals surface area (Å²) in [6.07, 6.45) is 25.1. The first-order chi connectivity index (χ1) is 10.4. The molecule has 21 heavy (non-hydrogen) atoms. The van der Waals surface area contributed by atoms with Gasteiger partial charge in [-0.1, -0.05) is 47.4 Å². The summed E-state index contributed by atoms with van der Waals surface area (Å²) in [7, 11) is 0. The van der Waals surface area contributed by atoms with E-state index >= 15 is 0 Å². The molecule has 4 aliphatic carbocycles. The fourth-order valence-electron chi connectivity index (χ4n) is 4.96. The molecule has 2 atom stereocenters. The van der Waals surface area contributed by atoms with Gasteiger partial charge < -0.3 is 0 Å². The summed E-state index contributed by atoms with van der Waals surface area (Å²) in [6, 6.07) is 0. The molecule has 0 nitrogen and oxygen atoms in total. The van der Waals surface area contributed by atoms with Crippen LogP contribution in [0.2, 0.25) is 0 Å². The summed E-state index contributed by atoms with van der Waals surface area (Å²) < 4.78 is 0. The minimum Gasteiger partial charge on any atom is -0.0771 e. The summed E-state index contributed by atoms with van der Waals surface area (Å²) in [5.41, 5.74) is 7.07. The molecule has 0 aromatic carbocycles. The Balaban J connectivity index is 1.64. The van der Waals surface area contributed by atoms with Crippen molar-refractivity contribution in [1.29, 1.82) is 0 Å². The second kappa shape index (κ2) is 5.99. The van der Waals surface area contributed by atoms with Gasteiger partial charge in [0.1, 0.15) is 0 Å². The molecular formula is C21H28. The number of hydrogen-bond donors (Lipinski definition) is 0. The van der Waals surface area contributed by atoms with Crippen molar-refractivity contribution in [3.8, 4) is 0 Å². The second-order valence-electron chi connectivity index (χ2n) is 7.40. The molecule has 0 heteroatoms. The highest BCUT2D eigenvalue weighted by atomic mass is 14.3. The second-order valence-corrected chi connectivity index (χ2v) is 7.40. The molecule has 0 amide bonds. The summed E-state index contributed by atoms with van der Waals surface area (Å²) >= 11 is 0. The van der Waals surface area contributed by atoms with Gasteiger partial charge in [0.2, 0.25) is 0 Å². The van der Waals surface area contributed by atoms with Crippen LogP contribution < -0.4 is 0 Å². The van der Waals surface area contributed by atoms with E-state index < -0.39 is 0 Å². The predicted octanol–water partition coefficient (Wildman–Crippen LogP) is 6.27. The van der Waals surface area contributed by atoms with E-state index in [0.717, 1.165) is 11.8 Å². The molecule has 1 fully saturated rings. The molecule has 2 unspecified atom stereocenters. The largest absolute Gasteiger partial charge is 0.0771 e. The Morgan fingerprint density at radius 3 is 2.33 bits per heavy atom. The van der Waals surface area contributed by atoms with Crippen molar-refractivity contribution < 1.29 is 0 Å². The molecule has 1 saturated carbocycles. The van der Waals surface area contributed by atoms with Crippen LogP contribution in [0.3, 0.4) is 0 Å². The molecule has 0 radical (unpaired) electrons. The average molecular weight is 280 g/mol. The number of rotatable bonds is 0. The maximum atomic E-state index is 2.53. The smallest absolute Gasteiger partial charge is 0.00133 e. The average Bonchev–Trinajstić information content (AvgIpc) is 3.03. The lowest BCUT2D eigenvalue weighted by Crippen LogP contribution is -2.05. The molecule has 4 aliphatic rings. The van der Waals surface area contributed by atoms with Crippen LogP contribution in [0.25, 0.3) is 0 Å². The topological polar surface area (TPSA) is 0 Å². The monoisotopic (exact) mass is 280 g/mol. The molecule has 0 aromatic rings. The Labute approximate surface area is 129 Å². The van der Waals surface area contributed by atoms with Crippen molar-refractivity contribution in [3.05, 3.63) is 46.6 Å². The lowest BCUT2D eigenvalue weighted by molar-refractivity contribution is 0.562. The molecular weight excluding hydrogens is 252 g/mol. The van der Waals surface area contributed by atoms with E-state index in [-0.39, 0.29) is 0 Å². The molecule has 0 heterocycles. The van der Waals surface area contributed by atoms with Crippen LogP contribution in [0.15, 0.2) is 46.6 Å². The van der Waals surface area contributed by atoms with Gasteiger partial charge in [0, 0.05) is 5.92 Å². The highest BCUT2D eigenvalue weighted by Gasteiger charge is 2.26. The van der Waals surface area contributed by atoms with Crippen molar-refractivity contribution in [2.75, 3.05) is 0 Å². The first kappa shape index (κ1) is 13.6. The molecule has 0 aromatic heterocycles. The van der Waals surface area contributed by atoms with E-state index in [4.69, 9.17) is 0 Å². The van der Waals surface area contributed by atoms with Gasteiger partial charge in [0.15, 0.2) is 0 Å². The van der Waals surface area contributed by atoms with E-state index in [1.54, 1.807) is 16.7 Å². The third-order valence-corrected chi connectivity index (χ3v) is 6.13. The molecule has 112 valence electrons. The van der Waals surface area contributed by atoms with Gasteiger partial charge in [0.05, 0.1) is 0 Å². The number of fused-ring (bicyclic) bond motifs is 2. The van der Waals surface area contributed by atoms with E-state index in [1.165, 1.54) is 70.6 Å². The Morgan fingerprint density at radius 1 is 0.714 bits per heavy atom. The summed E-state index contributed by atoms with van der Waals surface area (Å²) in [4.78, 5) is 0. The maximum Gasteiger partial charge on any atom is 0.00133 e. The molecule has 0 spiro atoms. The van der Waals surface area contributed by atoms with Crippen molar-refractivity contribution in [2.24, 2.45) is 11.8 Å². The van der Waals surface area contributed by atoms with Crippen molar-refractivity contribution in [2.45, 2.75) is 70.6 Å². The molecule has 0 saturated heterocycles. The Bertz CT molecular complexity index is 526. The van der Waals surface area contributed by atoms with Gasteiger partial charge in [-0.25, -0.2) is 0 Å². The van der Waals surface area contributed by atoms with E-state index in [0.29, 0.717) is 0 Å². The Morgan fingerprint density at radius 2 is 1.48 bits per heavy atom. The molecule has 0 aliphatic heterocycles. The third-order valence-electron chi connectivity index (χ3n) is 6.13. The fourth-order valence-corrected chi connectivity index (χ4v) is 4.96. The first-order valence-electron chi connectivity index (χ1n) is 9.21. The zero-order valence-corrected chi connectivity index (χ0v) is 13.2. The highest BCUT2D eigenvalue weighted by molar-refractivity contribution is 5.38. The van der Waals surface area contributed by atoms with Crippen LogP contribution in [-0.4, -0.2) is 0 Å². The van der Waals surface area contributed by atoms with E-state index in [9.17, 15) is 0 Å². The lowest BCUT2D eigenvalue weighted by Gasteiger charge is -2.19. The van der Waals surface area contributed by atoms with Crippen LogP contribution in [0, 0.1) is 11.8 Å². The first-order valence-corrected chi connectivity index (χ1v) is 9.21. The van der Waals surface area contributed by atoms with Gasteiger partial charge >= 0.3 is 0 Å². The van der Waals surface area contributed by atoms with Crippen LogP contribution in [0.1, 0.15) is 70.6 Å². The standard InChI is InChI=1S/C21H28/c1-2-7-17-14-15-19-9-4-3-8-18-13-12-16(6-1)20(18)10-5-11-21(17)19/h12-16,21H,1-11H2. The summed E-state index contributed by atoms with van der Waals surface area (Å²) in [5, 5.41) is 0. The zero-order valence-electron chi connectivity index (χ0n) is 13.2. The van der Waals surface area contributed by atoms with Crippen LogP contribution in [0.5, 0.6) is 0 Å². The van der Waals surface area contributed by atoms with Gasteiger partial charge in [-0.05, 0) is 75.7 Å². The number of hydrogen-bond acceptors (Lipinski definition) is 0. The van der Waals surface area contributed by atoms with Crippen molar-refractivity contribution >= 4 is 0 Å². The molecule has 2 bridgehead atoms. The van der Waals surface area contributed by atoms with E-state index in [2.05, 4.69) is 24.3 Å². The zero-order chi connectivity index (χ0) is 14.1. The van der Waals surface area contributed by atoms with Crippen molar-refractivity contribution in [3.63, 3.8) is 0 Å². The normalized spacial score (nSPS) is 32.8. The lowest BCUT2D eigenvalue weighted by atomic mass is 9.86. The van der Waals surface area contributed by atoms with Crippen LogP contribution in [-0.2, 0) is 0 Å².